The smallest absolute Gasteiger partial charge is 0.0288 e. The minimum absolute atomic E-state index is 0.0880. The molecule has 0 aliphatic heterocycles. The Morgan fingerprint density at radius 3 is 2.00 bits per heavy atom. The van der Waals surface area contributed by atoms with E-state index in [2.05, 4.69) is 20.8 Å². The number of rotatable bonds is 2. The van der Waals surface area contributed by atoms with Crippen molar-refractivity contribution < 1.29 is 0 Å². The molecule has 8 heavy (non-hydrogen) atoms. The van der Waals surface area contributed by atoms with Crippen molar-refractivity contribution >= 4 is 29.0 Å². The summed E-state index contributed by atoms with van der Waals surface area (Å²) >= 11 is 9.69. The quantitative estimate of drug-likeness (QED) is 0.434. The van der Waals surface area contributed by atoms with Crippen LogP contribution in [0.15, 0.2) is 0 Å². The summed E-state index contributed by atoms with van der Waals surface area (Å²) in [6.07, 6.45) is 1.04. The van der Waals surface area contributed by atoms with Crippen molar-refractivity contribution in [2.45, 2.75) is 27.2 Å². The zero-order valence-corrected chi connectivity index (χ0v) is 7.16. The first-order chi connectivity index (χ1) is 3.50. The predicted molar refractivity (Wildman–Crippen MR) is 44.0 cm³/mol. The number of hydrogen-bond donors (Lipinski definition) is 0. The van der Waals surface area contributed by atoms with Gasteiger partial charge in [-0.25, -0.2) is 0 Å². The van der Waals surface area contributed by atoms with E-state index < -0.39 is 0 Å². The molecule has 0 saturated heterocycles. The van der Waals surface area contributed by atoms with Gasteiger partial charge in [0.1, 0.15) is 0 Å². The topological polar surface area (TPSA) is 0 Å². The monoisotopic (exact) mass is 147 g/mol. The zero-order valence-electron chi connectivity index (χ0n) is 5.52. The van der Waals surface area contributed by atoms with Crippen LogP contribution in [0.1, 0.15) is 27.2 Å². The second-order valence-corrected chi connectivity index (χ2v) is 3.60. The van der Waals surface area contributed by atoms with Crippen LogP contribution in [0.3, 0.4) is 0 Å². The molecule has 0 rings (SSSR count). The Bertz CT molecular complexity index is 94.7. The Morgan fingerprint density at radius 1 is 1.62 bits per heavy atom. The SMILES string of the molecule is CCC(C)(C)C(=S)[S-]. The van der Waals surface area contributed by atoms with Crippen molar-refractivity contribution in [3.8, 4) is 0 Å². The van der Waals surface area contributed by atoms with Crippen molar-refractivity contribution in [3.63, 3.8) is 0 Å². The van der Waals surface area contributed by atoms with Gasteiger partial charge in [0.2, 0.25) is 0 Å². The Balaban J connectivity index is 3.91. The first-order valence-electron chi connectivity index (χ1n) is 2.72. The maximum atomic E-state index is 4.85. The minimum atomic E-state index is 0.0880. The lowest BCUT2D eigenvalue weighted by atomic mass is 9.93. The van der Waals surface area contributed by atoms with Crippen LogP contribution in [0.2, 0.25) is 0 Å². The molecule has 48 valence electrons. The van der Waals surface area contributed by atoms with E-state index in [1.807, 2.05) is 0 Å². The van der Waals surface area contributed by atoms with Gasteiger partial charge < -0.3 is 24.8 Å². The average molecular weight is 147 g/mol. The van der Waals surface area contributed by atoms with Crippen molar-refractivity contribution in [1.29, 1.82) is 0 Å². The van der Waals surface area contributed by atoms with E-state index in [-0.39, 0.29) is 5.41 Å². The largest absolute Gasteiger partial charge is 0.432 e. The Morgan fingerprint density at radius 2 is 2.00 bits per heavy atom. The average Bonchev–Trinajstić information content (AvgIpc) is 1.67. The number of thiocarbonyl (C=S) groups is 1. The van der Waals surface area contributed by atoms with E-state index in [0.717, 1.165) is 6.42 Å². The summed E-state index contributed by atoms with van der Waals surface area (Å²) in [5.74, 6) is 0. The Hall–Kier alpha value is 0.310. The molecule has 0 aliphatic rings. The van der Waals surface area contributed by atoms with Crippen molar-refractivity contribution in [1.82, 2.24) is 0 Å². The van der Waals surface area contributed by atoms with Gasteiger partial charge >= 0.3 is 0 Å². The van der Waals surface area contributed by atoms with E-state index >= 15 is 0 Å². The van der Waals surface area contributed by atoms with Crippen LogP contribution in [0.5, 0.6) is 0 Å². The fourth-order valence-electron chi connectivity index (χ4n) is 0.144. The van der Waals surface area contributed by atoms with Crippen LogP contribution in [0, 0.1) is 5.41 Å². The maximum Gasteiger partial charge on any atom is -0.0288 e. The first kappa shape index (κ1) is 8.31. The second kappa shape index (κ2) is 2.74. The van der Waals surface area contributed by atoms with Gasteiger partial charge in [-0.1, -0.05) is 20.8 Å². The molecule has 0 nitrogen and oxygen atoms in total. The van der Waals surface area contributed by atoms with Crippen LogP contribution in [0.25, 0.3) is 0 Å². The lowest BCUT2D eigenvalue weighted by Gasteiger charge is -2.27. The molecular weight excluding hydrogens is 136 g/mol. The van der Waals surface area contributed by atoms with Gasteiger partial charge in [0.25, 0.3) is 0 Å². The molecule has 0 bridgehead atoms. The molecule has 0 fully saturated rings. The molecule has 0 aromatic rings. The van der Waals surface area contributed by atoms with E-state index in [9.17, 15) is 0 Å². The molecule has 0 unspecified atom stereocenters. The molecular formula is C6H11S2-. The van der Waals surface area contributed by atoms with Crippen LogP contribution < -0.4 is 0 Å². The summed E-state index contributed by atoms with van der Waals surface area (Å²) in [5, 5.41) is 0. The third-order valence-electron chi connectivity index (χ3n) is 1.44. The standard InChI is InChI=1S/C6H12S2/c1-4-6(2,3)5(7)8/h4H2,1-3H3,(H,7,8)/p-1. The lowest BCUT2D eigenvalue weighted by Crippen LogP contribution is -2.18. The summed E-state index contributed by atoms with van der Waals surface area (Å²) in [5.41, 5.74) is 0.0880. The summed E-state index contributed by atoms with van der Waals surface area (Å²) < 4.78 is 0.694. The molecule has 0 N–H and O–H groups in total. The van der Waals surface area contributed by atoms with E-state index in [1.54, 1.807) is 0 Å². The van der Waals surface area contributed by atoms with Crippen LogP contribution in [0.4, 0.5) is 0 Å². The van der Waals surface area contributed by atoms with Gasteiger partial charge in [-0.15, -0.1) is 4.20 Å². The fraction of sp³-hybridized carbons (Fsp3) is 0.833. The minimum Gasteiger partial charge on any atom is -0.432 e. The van der Waals surface area contributed by atoms with Gasteiger partial charge in [0.15, 0.2) is 0 Å². The van der Waals surface area contributed by atoms with Gasteiger partial charge in [0, 0.05) is 0 Å². The van der Waals surface area contributed by atoms with E-state index in [1.165, 1.54) is 0 Å². The molecule has 0 heterocycles. The highest BCUT2D eigenvalue weighted by Crippen LogP contribution is 2.20. The summed E-state index contributed by atoms with van der Waals surface area (Å²) in [6.45, 7) is 6.24. The third-order valence-corrected chi connectivity index (χ3v) is 2.54. The molecule has 0 radical (unpaired) electrons. The molecule has 0 aromatic heterocycles. The van der Waals surface area contributed by atoms with Gasteiger partial charge in [-0.3, -0.25) is 0 Å². The highest BCUT2D eigenvalue weighted by Gasteiger charge is 2.10. The highest BCUT2D eigenvalue weighted by molar-refractivity contribution is 8.00. The van der Waals surface area contributed by atoms with Crippen LogP contribution in [-0.4, -0.2) is 4.20 Å². The first-order valence-corrected chi connectivity index (χ1v) is 3.54. The van der Waals surface area contributed by atoms with Gasteiger partial charge in [-0.2, -0.15) is 0 Å². The third kappa shape index (κ3) is 2.05. The lowest BCUT2D eigenvalue weighted by molar-refractivity contribution is 0.518. The molecule has 0 atom stereocenters. The van der Waals surface area contributed by atoms with Gasteiger partial charge in [-0.05, 0) is 11.8 Å². The molecule has 0 aromatic carbocycles. The maximum absolute atomic E-state index is 4.85. The van der Waals surface area contributed by atoms with Crippen molar-refractivity contribution in [3.05, 3.63) is 0 Å². The molecule has 0 amide bonds. The van der Waals surface area contributed by atoms with Gasteiger partial charge in [0.05, 0.1) is 0 Å². The van der Waals surface area contributed by atoms with E-state index in [4.69, 9.17) is 24.8 Å². The fourth-order valence-corrected chi connectivity index (χ4v) is 0.433. The molecule has 2 heteroatoms. The predicted octanol–water partition coefficient (Wildman–Crippen LogP) is 2.30. The molecule has 0 aliphatic carbocycles. The zero-order chi connectivity index (χ0) is 6.78. The Labute approximate surface area is 62.1 Å². The summed E-state index contributed by atoms with van der Waals surface area (Å²) in [6, 6.07) is 0. The highest BCUT2D eigenvalue weighted by atomic mass is 32.1. The summed E-state index contributed by atoms with van der Waals surface area (Å²) in [4.78, 5) is 0. The molecule has 0 saturated carbocycles. The van der Waals surface area contributed by atoms with Crippen LogP contribution in [-0.2, 0) is 12.6 Å². The van der Waals surface area contributed by atoms with Crippen LogP contribution >= 0.6 is 12.2 Å². The number of hydrogen-bond acceptors (Lipinski definition) is 2. The summed E-state index contributed by atoms with van der Waals surface area (Å²) in [7, 11) is 0. The molecule has 0 spiro atoms. The van der Waals surface area contributed by atoms with E-state index in [0.29, 0.717) is 4.20 Å². The van der Waals surface area contributed by atoms with Crippen molar-refractivity contribution in [2.75, 3.05) is 0 Å². The Kier molecular flexibility index (Phi) is 2.84. The second-order valence-electron chi connectivity index (χ2n) is 2.52. The van der Waals surface area contributed by atoms with Crippen molar-refractivity contribution in [2.24, 2.45) is 5.41 Å². The normalized spacial score (nSPS) is 11.4.